The maximum Gasteiger partial charge on any atom is 0.238 e. The summed E-state index contributed by atoms with van der Waals surface area (Å²) in [5.74, 6) is 0.738. The fourth-order valence-corrected chi connectivity index (χ4v) is 3.08. The van der Waals surface area contributed by atoms with E-state index in [-0.39, 0.29) is 5.91 Å². The smallest absolute Gasteiger partial charge is 0.238 e. The first kappa shape index (κ1) is 17.0. The van der Waals surface area contributed by atoms with Crippen molar-refractivity contribution in [3.8, 4) is 0 Å². The number of nitrogens with zero attached hydrogens (tertiary/aromatic N) is 4. The number of nitrogens with one attached hydrogen (secondary N) is 1. The molecule has 1 N–H and O–H groups in total. The van der Waals surface area contributed by atoms with Gasteiger partial charge < -0.3 is 10.2 Å². The van der Waals surface area contributed by atoms with Gasteiger partial charge in [-0.3, -0.25) is 14.7 Å². The molecule has 1 amide bonds. The summed E-state index contributed by atoms with van der Waals surface area (Å²) >= 11 is 12.1. The Morgan fingerprint density at radius 2 is 1.83 bits per heavy atom. The minimum Gasteiger partial charge on any atom is -0.353 e. The molecule has 8 heteroatoms. The molecule has 1 saturated heterocycles. The summed E-state index contributed by atoms with van der Waals surface area (Å²) < 4.78 is 0. The third-order valence-electron chi connectivity index (χ3n) is 3.84. The van der Waals surface area contributed by atoms with Crippen LogP contribution >= 0.6 is 23.2 Å². The SMILES string of the molecule is O=C(CN1CCN(c2cnccn2)CC1)Nc1c(Cl)cccc1Cl. The van der Waals surface area contributed by atoms with Gasteiger partial charge in [-0.1, -0.05) is 29.3 Å². The average molecular weight is 366 g/mol. The Labute approximate surface area is 150 Å². The van der Waals surface area contributed by atoms with Crippen LogP contribution in [0.25, 0.3) is 0 Å². The van der Waals surface area contributed by atoms with Gasteiger partial charge in [0.25, 0.3) is 0 Å². The predicted octanol–water partition coefficient (Wildman–Crippen LogP) is 2.54. The fraction of sp³-hybridized carbons (Fsp3) is 0.312. The largest absolute Gasteiger partial charge is 0.353 e. The Bertz CT molecular complexity index is 685. The van der Waals surface area contributed by atoms with Gasteiger partial charge in [-0.05, 0) is 12.1 Å². The number of halogens is 2. The van der Waals surface area contributed by atoms with Crippen LogP contribution in [-0.2, 0) is 4.79 Å². The van der Waals surface area contributed by atoms with Crippen LogP contribution in [0, 0.1) is 0 Å². The number of rotatable bonds is 4. The van der Waals surface area contributed by atoms with Crippen molar-refractivity contribution in [1.82, 2.24) is 14.9 Å². The lowest BCUT2D eigenvalue weighted by atomic mass is 10.3. The van der Waals surface area contributed by atoms with Gasteiger partial charge in [0.1, 0.15) is 5.82 Å². The van der Waals surface area contributed by atoms with Gasteiger partial charge >= 0.3 is 0 Å². The monoisotopic (exact) mass is 365 g/mol. The molecule has 0 atom stereocenters. The van der Waals surface area contributed by atoms with Gasteiger partial charge in [-0.2, -0.15) is 0 Å². The van der Waals surface area contributed by atoms with Crippen molar-refractivity contribution in [2.75, 3.05) is 42.9 Å². The number of aromatic nitrogens is 2. The highest BCUT2D eigenvalue weighted by Crippen LogP contribution is 2.29. The van der Waals surface area contributed by atoms with E-state index in [1.54, 1.807) is 36.8 Å². The number of carbonyl (C=O) groups excluding carboxylic acids is 1. The van der Waals surface area contributed by atoms with Crippen LogP contribution in [-0.4, -0.2) is 53.5 Å². The summed E-state index contributed by atoms with van der Waals surface area (Å²) in [5.41, 5.74) is 0.462. The van der Waals surface area contributed by atoms with Gasteiger partial charge in [0.2, 0.25) is 5.91 Å². The van der Waals surface area contributed by atoms with Gasteiger partial charge in [-0.15, -0.1) is 0 Å². The summed E-state index contributed by atoms with van der Waals surface area (Å²) in [7, 11) is 0. The lowest BCUT2D eigenvalue weighted by Crippen LogP contribution is -2.49. The van der Waals surface area contributed by atoms with Crippen molar-refractivity contribution in [2.24, 2.45) is 0 Å². The number of anilines is 2. The normalized spacial score (nSPS) is 15.3. The van der Waals surface area contributed by atoms with Gasteiger partial charge in [0, 0.05) is 38.6 Å². The number of para-hydroxylation sites is 1. The quantitative estimate of drug-likeness (QED) is 0.901. The van der Waals surface area contributed by atoms with Crippen LogP contribution in [0.15, 0.2) is 36.8 Å². The van der Waals surface area contributed by atoms with E-state index < -0.39 is 0 Å². The van der Waals surface area contributed by atoms with Crippen LogP contribution in [0.4, 0.5) is 11.5 Å². The molecule has 1 aromatic carbocycles. The third kappa shape index (κ3) is 4.14. The summed E-state index contributed by atoms with van der Waals surface area (Å²) in [5, 5.41) is 3.66. The molecule has 2 aromatic rings. The molecule has 0 unspecified atom stereocenters. The average Bonchev–Trinajstić information content (AvgIpc) is 2.60. The molecule has 24 heavy (non-hydrogen) atoms. The topological polar surface area (TPSA) is 61.4 Å². The molecule has 3 rings (SSSR count). The molecule has 0 bridgehead atoms. The highest BCUT2D eigenvalue weighted by Gasteiger charge is 2.20. The zero-order valence-corrected chi connectivity index (χ0v) is 14.5. The maximum atomic E-state index is 12.2. The van der Waals surface area contributed by atoms with Crippen molar-refractivity contribution in [1.29, 1.82) is 0 Å². The minimum absolute atomic E-state index is 0.127. The van der Waals surface area contributed by atoms with E-state index in [1.165, 1.54) is 0 Å². The molecule has 0 spiro atoms. The van der Waals surface area contributed by atoms with Crippen LogP contribution in [0.3, 0.4) is 0 Å². The number of piperazine rings is 1. The molecule has 126 valence electrons. The van der Waals surface area contributed by atoms with E-state index in [1.807, 2.05) is 0 Å². The number of hydrogen-bond acceptors (Lipinski definition) is 5. The number of hydrogen-bond donors (Lipinski definition) is 1. The summed E-state index contributed by atoms with van der Waals surface area (Å²) in [6.07, 6.45) is 5.09. The molecule has 0 radical (unpaired) electrons. The van der Waals surface area contributed by atoms with E-state index in [4.69, 9.17) is 23.2 Å². The molecule has 6 nitrogen and oxygen atoms in total. The molecule has 0 saturated carbocycles. The molecular weight excluding hydrogens is 349 g/mol. The van der Waals surface area contributed by atoms with E-state index in [0.29, 0.717) is 22.3 Å². The second-order valence-electron chi connectivity index (χ2n) is 5.47. The first-order valence-electron chi connectivity index (χ1n) is 7.60. The molecule has 1 aliphatic rings. The number of carbonyl (C=O) groups is 1. The highest BCUT2D eigenvalue weighted by molar-refractivity contribution is 6.39. The van der Waals surface area contributed by atoms with Crippen molar-refractivity contribution in [2.45, 2.75) is 0 Å². The lowest BCUT2D eigenvalue weighted by molar-refractivity contribution is -0.117. The Hall–Kier alpha value is -1.89. The summed E-state index contributed by atoms with van der Waals surface area (Å²) in [6, 6.07) is 5.14. The molecular formula is C16H17Cl2N5O. The van der Waals surface area contributed by atoms with E-state index in [2.05, 4.69) is 25.1 Å². The third-order valence-corrected chi connectivity index (χ3v) is 4.47. The Balaban J connectivity index is 1.52. The van der Waals surface area contributed by atoms with Crippen molar-refractivity contribution < 1.29 is 4.79 Å². The first-order chi connectivity index (χ1) is 11.6. The van der Waals surface area contributed by atoms with Crippen LogP contribution in [0.2, 0.25) is 10.0 Å². The van der Waals surface area contributed by atoms with E-state index in [9.17, 15) is 4.79 Å². The van der Waals surface area contributed by atoms with E-state index in [0.717, 1.165) is 32.0 Å². The minimum atomic E-state index is -0.127. The zero-order chi connectivity index (χ0) is 16.9. The standard InChI is InChI=1S/C16H17Cl2N5O/c17-12-2-1-3-13(18)16(12)21-15(24)11-22-6-8-23(9-7-22)14-10-19-4-5-20-14/h1-5,10H,6-9,11H2,(H,21,24). The van der Waals surface area contributed by atoms with Crippen LogP contribution in [0.1, 0.15) is 0 Å². The second kappa shape index (κ2) is 7.79. The highest BCUT2D eigenvalue weighted by atomic mass is 35.5. The fourth-order valence-electron chi connectivity index (χ4n) is 2.59. The molecule has 1 aliphatic heterocycles. The molecule has 1 fully saturated rings. The first-order valence-corrected chi connectivity index (χ1v) is 8.36. The van der Waals surface area contributed by atoms with E-state index >= 15 is 0 Å². The summed E-state index contributed by atoms with van der Waals surface area (Å²) in [6.45, 7) is 3.47. The van der Waals surface area contributed by atoms with Gasteiger partial charge in [0.05, 0.1) is 28.5 Å². The van der Waals surface area contributed by atoms with Gasteiger partial charge in [0.15, 0.2) is 0 Å². The number of benzene rings is 1. The van der Waals surface area contributed by atoms with Crippen molar-refractivity contribution >= 4 is 40.6 Å². The second-order valence-corrected chi connectivity index (χ2v) is 6.29. The maximum absolute atomic E-state index is 12.2. The number of amides is 1. The van der Waals surface area contributed by atoms with Crippen molar-refractivity contribution in [3.05, 3.63) is 46.8 Å². The predicted molar refractivity (Wildman–Crippen MR) is 95.8 cm³/mol. The van der Waals surface area contributed by atoms with Gasteiger partial charge in [-0.25, -0.2) is 4.98 Å². The summed E-state index contributed by atoms with van der Waals surface area (Å²) in [4.78, 5) is 24.9. The van der Waals surface area contributed by atoms with Crippen LogP contribution in [0.5, 0.6) is 0 Å². The Kier molecular flexibility index (Phi) is 5.50. The lowest BCUT2D eigenvalue weighted by Gasteiger charge is -2.34. The molecule has 1 aromatic heterocycles. The van der Waals surface area contributed by atoms with Crippen LogP contribution < -0.4 is 10.2 Å². The Morgan fingerprint density at radius 3 is 2.46 bits per heavy atom. The van der Waals surface area contributed by atoms with Crippen molar-refractivity contribution in [3.63, 3.8) is 0 Å². The zero-order valence-electron chi connectivity index (χ0n) is 13.0. The molecule has 0 aliphatic carbocycles. The Morgan fingerprint density at radius 1 is 1.12 bits per heavy atom. The molecule has 2 heterocycles.